The Hall–Kier alpha value is -7.19. The minimum Gasteiger partial charge on any atom is -0.508 e. The van der Waals surface area contributed by atoms with Gasteiger partial charge in [0, 0.05) is 92.6 Å². The van der Waals surface area contributed by atoms with Gasteiger partial charge in [0.1, 0.15) is 29.2 Å². The van der Waals surface area contributed by atoms with Gasteiger partial charge in [0.15, 0.2) is 11.5 Å². The number of aromatic amines is 1. The highest BCUT2D eigenvalue weighted by molar-refractivity contribution is 5.95. The highest BCUT2D eigenvalue weighted by Gasteiger charge is 2.43. The number of ketones is 2. The Balaban J connectivity index is 1.27. The second-order valence-electron chi connectivity index (χ2n) is 18.6. The summed E-state index contributed by atoms with van der Waals surface area (Å²) in [6, 6.07) is 18.2. The van der Waals surface area contributed by atoms with Crippen molar-refractivity contribution in [3.8, 4) is 29.1 Å². The lowest BCUT2D eigenvalue weighted by atomic mass is 9.61. The van der Waals surface area contributed by atoms with Gasteiger partial charge >= 0.3 is 5.97 Å². The molecule has 4 heterocycles. The monoisotopic (exact) mass is 898 g/mol. The Morgan fingerprint density at radius 3 is 2.66 bits per heavy atom. The number of phenols is 2. The average molecular weight is 899 g/mol. The van der Waals surface area contributed by atoms with Crippen LogP contribution in [0.2, 0.25) is 0 Å². The number of hydrogen-bond donors (Lipinski definition) is 4. The molecule has 67 heavy (non-hydrogen) atoms. The van der Waals surface area contributed by atoms with Crippen molar-refractivity contribution < 1.29 is 34.1 Å². The van der Waals surface area contributed by atoms with Crippen molar-refractivity contribution >= 4 is 34.0 Å². The summed E-state index contributed by atoms with van der Waals surface area (Å²) in [6.07, 6.45) is 21.2. The Morgan fingerprint density at radius 1 is 1.00 bits per heavy atom. The number of ether oxygens (including phenoxy) is 2. The van der Waals surface area contributed by atoms with Crippen molar-refractivity contribution in [3.63, 3.8) is 0 Å². The fourth-order valence-electron chi connectivity index (χ4n) is 10.9. The summed E-state index contributed by atoms with van der Waals surface area (Å²) in [4.78, 5) is 45.9. The number of nitrogens with zero attached hydrogens (tertiary/aromatic N) is 2. The quantitative estimate of drug-likeness (QED) is 0.0927. The van der Waals surface area contributed by atoms with Crippen LogP contribution in [0.25, 0.3) is 10.8 Å². The summed E-state index contributed by atoms with van der Waals surface area (Å²) < 4.78 is 13.6. The maximum atomic E-state index is 14.6. The van der Waals surface area contributed by atoms with Crippen LogP contribution >= 0.6 is 0 Å². The summed E-state index contributed by atoms with van der Waals surface area (Å²) in [5, 5.41) is 27.2. The van der Waals surface area contributed by atoms with Crippen molar-refractivity contribution in [2.75, 3.05) is 25.1 Å². The van der Waals surface area contributed by atoms with Crippen molar-refractivity contribution in [2.24, 2.45) is 11.3 Å². The molecule has 1 spiro atoms. The third-order valence-corrected chi connectivity index (χ3v) is 14.3. The largest absolute Gasteiger partial charge is 0.508 e. The first-order valence-corrected chi connectivity index (χ1v) is 23.3. The zero-order valence-corrected chi connectivity index (χ0v) is 38.6. The highest BCUT2D eigenvalue weighted by atomic mass is 16.5. The van der Waals surface area contributed by atoms with Gasteiger partial charge in [0.2, 0.25) is 0 Å². The maximum Gasteiger partial charge on any atom is 0.302 e. The minimum absolute atomic E-state index is 0.0119. The third kappa shape index (κ3) is 9.18. The Labute approximate surface area is 391 Å². The third-order valence-electron chi connectivity index (χ3n) is 14.3. The predicted octanol–water partition coefficient (Wildman–Crippen LogP) is 9.85. The van der Waals surface area contributed by atoms with Crippen molar-refractivity contribution in [1.29, 1.82) is 0 Å². The van der Waals surface area contributed by atoms with Crippen molar-refractivity contribution in [2.45, 2.75) is 89.7 Å². The fourth-order valence-corrected chi connectivity index (χ4v) is 10.9. The van der Waals surface area contributed by atoms with E-state index in [2.05, 4.69) is 88.9 Å². The lowest BCUT2D eigenvalue weighted by Crippen LogP contribution is -2.36. The average Bonchev–Trinajstić information content (AvgIpc) is 3.96. The zero-order chi connectivity index (χ0) is 46.8. The van der Waals surface area contributed by atoms with Gasteiger partial charge in [-0.1, -0.05) is 79.0 Å². The standard InChI is InChI=1S/C56H58N4O7/c1-35-9-5-12-43-13-8-15-47-48-32-57-31-42(48)30-56(35,43)22-19-46(67-37(3)62)28-45(64)29-51(38-17-18-52(65)53(26-38)66-4)59-33-41-11-7-16-50(49(41)34-59)60(24-21-36(2)61)54-27-40(20-23-58-54)55(47)39-10-6-14-44(63)25-39/h5-7,9-12,14,16-18,20,25-27,31-35,46-47,51,55,57-58,63,65H,13,19,21-24,28-30H2,1-4H3. The molecule has 0 radical (unpaired) electrons. The van der Waals surface area contributed by atoms with Gasteiger partial charge in [0.05, 0.1) is 24.8 Å². The van der Waals surface area contributed by atoms with Gasteiger partial charge in [0.25, 0.3) is 0 Å². The van der Waals surface area contributed by atoms with Crippen molar-refractivity contribution in [1.82, 2.24) is 14.9 Å². The molecule has 11 nitrogen and oxygen atoms in total. The second-order valence-corrected chi connectivity index (χ2v) is 18.6. The van der Waals surface area contributed by atoms with E-state index in [9.17, 15) is 24.6 Å². The number of Topliss-reactive ketones (excluding diaryl/α,β-unsaturated/α-hetero) is 2. The second kappa shape index (κ2) is 19.0. The van der Waals surface area contributed by atoms with Crippen LogP contribution in [0.3, 0.4) is 0 Å². The lowest BCUT2D eigenvalue weighted by Gasteiger charge is -2.43. The van der Waals surface area contributed by atoms with Crippen LogP contribution in [-0.2, 0) is 25.5 Å². The number of nitrogens with one attached hydrogen (secondary N) is 2. The molecule has 6 unspecified atom stereocenters. The molecule has 6 atom stereocenters. The summed E-state index contributed by atoms with van der Waals surface area (Å²) in [5.41, 5.74) is 6.60. The molecule has 2 aliphatic heterocycles. The molecule has 2 aliphatic carbocycles. The molecular weight excluding hydrogens is 841 g/mol. The number of phenolic OH excluding ortho intramolecular Hbond substituents is 2. The normalized spacial score (nSPS) is 24.0. The van der Waals surface area contributed by atoms with E-state index < -0.39 is 23.5 Å². The molecular formula is C56H58N4O7. The van der Waals surface area contributed by atoms with Gasteiger partial charge in [-0.3, -0.25) is 14.4 Å². The molecule has 6 bridgehead atoms. The number of hydrogen-bond acceptors (Lipinski definition) is 9. The maximum absolute atomic E-state index is 14.6. The van der Waals surface area contributed by atoms with E-state index >= 15 is 0 Å². The molecule has 0 amide bonds. The Morgan fingerprint density at radius 2 is 1.85 bits per heavy atom. The van der Waals surface area contributed by atoms with Gasteiger partial charge in [-0.2, -0.15) is 0 Å². The minimum atomic E-state index is -0.674. The number of methoxy groups -OCH3 is 1. The SMILES string of the molecule is COc1cc(C2CC(=O)CC(OC(C)=O)CCC34Cc5c[nH]cc5C(C#CCC3=CC=CC4C)C(c3cccc(O)c3)C3=CCNC(=C3)N(CCC(C)=O)c3cccc4cn2cc34)ccc1O. The number of aromatic nitrogens is 2. The summed E-state index contributed by atoms with van der Waals surface area (Å²) >= 11 is 0. The molecule has 0 fully saturated rings. The summed E-state index contributed by atoms with van der Waals surface area (Å²) in [5.74, 6) is 7.73. The van der Waals surface area contributed by atoms with E-state index in [1.165, 1.54) is 19.6 Å². The predicted molar refractivity (Wildman–Crippen MR) is 260 cm³/mol. The first-order chi connectivity index (χ1) is 32.4. The summed E-state index contributed by atoms with van der Waals surface area (Å²) in [7, 11) is 1.50. The number of esters is 1. The van der Waals surface area contributed by atoms with Crippen LogP contribution in [0.15, 0.2) is 133 Å². The summed E-state index contributed by atoms with van der Waals surface area (Å²) in [6.45, 7) is 6.16. The van der Waals surface area contributed by atoms with Crippen LogP contribution in [0.1, 0.15) is 99.4 Å². The van der Waals surface area contributed by atoms with Gasteiger partial charge in [-0.15, -0.1) is 0 Å². The van der Waals surface area contributed by atoms with Crippen LogP contribution in [0.4, 0.5) is 5.69 Å². The van der Waals surface area contributed by atoms with Crippen LogP contribution in [-0.4, -0.2) is 63.6 Å². The molecule has 4 aliphatic rings. The van der Waals surface area contributed by atoms with E-state index in [0.717, 1.165) is 50.1 Å². The molecule has 0 saturated carbocycles. The van der Waals surface area contributed by atoms with Crippen LogP contribution < -0.4 is 15.0 Å². The van der Waals surface area contributed by atoms with E-state index in [-0.39, 0.29) is 59.4 Å². The fraction of sp³-hybridized carbons (Fsp3) is 0.339. The van der Waals surface area contributed by atoms with Crippen LogP contribution in [0.5, 0.6) is 17.2 Å². The molecule has 11 heteroatoms. The topological polar surface area (TPSA) is 146 Å². The molecule has 344 valence electrons. The Bertz CT molecular complexity index is 2920. The van der Waals surface area contributed by atoms with E-state index in [1.54, 1.807) is 25.1 Å². The molecule has 5 aromatic rings. The number of carbonyl (C=O) groups is 3. The smallest absolute Gasteiger partial charge is 0.302 e. The lowest BCUT2D eigenvalue weighted by molar-refractivity contribution is -0.148. The molecule has 3 aromatic carbocycles. The number of benzene rings is 3. The van der Waals surface area contributed by atoms with Crippen molar-refractivity contribution in [3.05, 3.63) is 155 Å². The number of fused-ring (bicyclic) bond motifs is 2. The molecule has 9 rings (SSSR count). The first-order valence-electron chi connectivity index (χ1n) is 23.3. The van der Waals surface area contributed by atoms with Gasteiger partial charge < -0.3 is 39.5 Å². The number of H-pyrrole nitrogens is 1. The number of anilines is 1. The number of aromatic hydroxyl groups is 2. The Kier molecular flexibility index (Phi) is 12.7. The molecule has 2 aromatic heterocycles. The number of rotatable bonds is 7. The van der Waals surface area contributed by atoms with E-state index in [4.69, 9.17) is 9.47 Å². The number of dihydropyridines is 1. The molecule has 0 saturated heterocycles. The van der Waals surface area contributed by atoms with Gasteiger partial charge in [-0.05, 0) is 96.3 Å². The van der Waals surface area contributed by atoms with E-state index in [1.807, 2.05) is 47.3 Å². The van der Waals surface area contributed by atoms with E-state index in [0.29, 0.717) is 45.2 Å². The number of carbonyl (C=O) groups excluding carboxylic acids is 3. The highest BCUT2D eigenvalue weighted by Crippen LogP contribution is 2.51. The van der Waals surface area contributed by atoms with Crippen LogP contribution in [0, 0.1) is 23.2 Å². The number of allylic oxidation sites excluding steroid dienone is 6. The van der Waals surface area contributed by atoms with Gasteiger partial charge in [-0.25, -0.2) is 0 Å². The zero-order valence-electron chi connectivity index (χ0n) is 38.6. The molecule has 4 N–H and O–H groups in total. The first kappa shape index (κ1) is 45.0.